The number of anilines is 1. The molecule has 96 valence electrons. The summed E-state index contributed by atoms with van der Waals surface area (Å²) >= 11 is 1.43. The highest BCUT2D eigenvalue weighted by Gasteiger charge is 2.13. The van der Waals surface area contributed by atoms with E-state index in [-0.39, 0.29) is 0 Å². The lowest BCUT2D eigenvalue weighted by molar-refractivity contribution is 0.251. The molecule has 17 heavy (non-hydrogen) atoms. The largest absolute Gasteiger partial charge is 0.377 e. The first-order chi connectivity index (χ1) is 8.29. The van der Waals surface area contributed by atoms with Gasteiger partial charge in [0.2, 0.25) is 0 Å². The Labute approximate surface area is 107 Å². The molecule has 0 spiro atoms. The number of rotatable bonds is 6. The first-order valence-electron chi connectivity index (χ1n) is 6.19. The summed E-state index contributed by atoms with van der Waals surface area (Å²) in [5, 5.41) is 8.37. The number of likely N-dealkylation sites (N-methyl/N-ethyl adjacent to an activating group) is 1. The molecule has 0 aromatic carbocycles. The predicted molar refractivity (Wildman–Crippen MR) is 71.5 cm³/mol. The van der Waals surface area contributed by atoms with E-state index in [2.05, 4.69) is 31.8 Å². The van der Waals surface area contributed by atoms with Gasteiger partial charge in [-0.25, -0.2) is 0 Å². The van der Waals surface area contributed by atoms with Gasteiger partial charge in [-0.3, -0.25) is 4.90 Å². The van der Waals surface area contributed by atoms with Crippen molar-refractivity contribution in [1.82, 2.24) is 19.4 Å². The van der Waals surface area contributed by atoms with Crippen molar-refractivity contribution in [1.29, 1.82) is 0 Å². The minimum Gasteiger partial charge on any atom is -0.377 e. The van der Waals surface area contributed by atoms with Crippen LogP contribution in [0.5, 0.6) is 0 Å². The molecule has 0 atom stereocenters. The zero-order chi connectivity index (χ0) is 12.1. The predicted octanol–water partition coefficient (Wildman–Crippen LogP) is 1.11. The van der Waals surface area contributed by atoms with Crippen LogP contribution in [0.15, 0.2) is 0 Å². The average Bonchev–Trinajstić information content (AvgIpc) is 2.97. The van der Waals surface area contributed by atoms with Crippen molar-refractivity contribution in [2.75, 3.05) is 45.6 Å². The molecule has 0 amide bonds. The second kappa shape index (κ2) is 6.28. The SMILES string of the molecule is CNc1snnc1CN(C)CCN1CCCC1. The smallest absolute Gasteiger partial charge is 0.134 e. The van der Waals surface area contributed by atoms with Crippen LogP contribution in [0.4, 0.5) is 5.00 Å². The number of hydrogen-bond donors (Lipinski definition) is 1. The van der Waals surface area contributed by atoms with Gasteiger partial charge in [-0.1, -0.05) is 4.49 Å². The molecule has 1 saturated heterocycles. The van der Waals surface area contributed by atoms with Crippen molar-refractivity contribution in [2.45, 2.75) is 19.4 Å². The molecule has 0 aliphatic carbocycles. The Kier molecular flexibility index (Phi) is 4.70. The average molecular weight is 255 g/mol. The highest BCUT2D eigenvalue weighted by molar-refractivity contribution is 7.10. The molecule has 1 aromatic rings. The van der Waals surface area contributed by atoms with Gasteiger partial charge < -0.3 is 10.2 Å². The summed E-state index contributed by atoms with van der Waals surface area (Å²) in [4.78, 5) is 4.85. The summed E-state index contributed by atoms with van der Waals surface area (Å²) in [5.74, 6) is 0. The molecule has 1 aliphatic rings. The molecular weight excluding hydrogens is 234 g/mol. The van der Waals surface area contributed by atoms with Crippen LogP contribution in [0.2, 0.25) is 0 Å². The molecule has 2 rings (SSSR count). The van der Waals surface area contributed by atoms with Crippen LogP contribution in [0.25, 0.3) is 0 Å². The van der Waals surface area contributed by atoms with Gasteiger partial charge >= 0.3 is 0 Å². The molecule has 0 unspecified atom stereocenters. The highest BCUT2D eigenvalue weighted by Crippen LogP contribution is 2.17. The fourth-order valence-corrected chi connectivity index (χ4v) is 2.68. The van der Waals surface area contributed by atoms with Crippen LogP contribution in [0, 0.1) is 0 Å². The summed E-state index contributed by atoms with van der Waals surface area (Å²) in [6.07, 6.45) is 2.73. The lowest BCUT2D eigenvalue weighted by Crippen LogP contribution is -2.31. The molecule has 0 radical (unpaired) electrons. The van der Waals surface area contributed by atoms with Gasteiger partial charge in [-0.15, -0.1) is 5.10 Å². The van der Waals surface area contributed by atoms with Crippen LogP contribution >= 0.6 is 11.5 Å². The van der Waals surface area contributed by atoms with Crippen LogP contribution in [0.1, 0.15) is 18.5 Å². The van der Waals surface area contributed by atoms with E-state index in [1.165, 1.54) is 44.0 Å². The second-order valence-electron chi connectivity index (χ2n) is 4.59. The van der Waals surface area contributed by atoms with Gasteiger partial charge in [0, 0.05) is 38.2 Å². The molecule has 1 aliphatic heterocycles. The van der Waals surface area contributed by atoms with E-state index < -0.39 is 0 Å². The number of nitrogens with zero attached hydrogens (tertiary/aromatic N) is 4. The van der Waals surface area contributed by atoms with Gasteiger partial charge in [0.1, 0.15) is 10.7 Å². The van der Waals surface area contributed by atoms with E-state index in [9.17, 15) is 0 Å². The van der Waals surface area contributed by atoms with Crippen LogP contribution < -0.4 is 5.32 Å². The Bertz CT molecular complexity index is 334. The van der Waals surface area contributed by atoms with Gasteiger partial charge in [0.15, 0.2) is 0 Å². The third-order valence-electron chi connectivity index (χ3n) is 3.20. The van der Waals surface area contributed by atoms with E-state index in [0.717, 1.165) is 23.8 Å². The van der Waals surface area contributed by atoms with Crippen molar-refractivity contribution in [2.24, 2.45) is 0 Å². The van der Waals surface area contributed by atoms with Crippen LogP contribution in [-0.4, -0.2) is 59.7 Å². The van der Waals surface area contributed by atoms with E-state index in [1.807, 2.05) is 7.05 Å². The van der Waals surface area contributed by atoms with E-state index in [1.54, 1.807) is 0 Å². The van der Waals surface area contributed by atoms with Gasteiger partial charge in [0.05, 0.1) is 0 Å². The summed E-state index contributed by atoms with van der Waals surface area (Å²) in [5.41, 5.74) is 1.06. The quantitative estimate of drug-likeness (QED) is 0.825. The Balaban J connectivity index is 1.74. The van der Waals surface area contributed by atoms with E-state index in [4.69, 9.17) is 0 Å². The van der Waals surface area contributed by atoms with Crippen molar-refractivity contribution in [3.63, 3.8) is 0 Å². The zero-order valence-electron chi connectivity index (χ0n) is 10.6. The molecule has 6 heteroatoms. The number of aromatic nitrogens is 2. The maximum absolute atomic E-state index is 4.16. The molecule has 0 bridgehead atoms. The lowest BCUT2D eigenvalue weighted by atomic mass is 10.4. The van der Waals surface area contributed by atoms with Gasteiger partial charge in [0.25, 0.3) is 0 Å². The van der Waals surface area contributed by atoms with Crippen molar-refractivity contribution in [3.8, 4) is 0 Å². The number of likely N-dealkylation sites (tertiary alicyclic amines) is 1. The Morgan fingerprint density at radius 1 is 1.41 bits per heavy atom. The summed E-state index contributed by atoms with van der Waals surface area (Å²) in [6.45, 7) is 5.69. The molecule has 1 N–H and O–H groups in total. The second-order valence-corrected chi connectivity index (χ2v) is 5.34. The summed E-state index contributed by atoms with van der Waals surface area (Å²) in [7, 11) is 4.07. The Morgan fingerprint density at radius 2 is 2.18 bits per heavy atom. The molecule has 1 fully saturated rings. The summed E-state index contributed by atoms with van der Waals surface area (Å²) in [6, 6.07) is 0. The molecule has 0 saturated carbocycles. The van der Waals surface area contributed by atoms with Crippen molar-refractivity contribution >= 4 is 16.5 Å². The first-order valence-corrected chi connectivity index (χ1v) is 6.97. The zero-order valence-corrected chi connectivity index (χ0v) is 11.5. The van der Waals surface area contributed by atoms with E-state index in [0.29, 0.717) is 0 Å². The number of hydrogen-bond acceptors (Lipinski definition) is 6. The third-order valence-corrected chi connectivity index (χ3v) is 3.98. The first kappa shape index (κ1) is 12.7. The lowest BCUT2D eigenvalue weighted by Gasteiger charge is -2.20. The molecule has 1 aromatic heterocycles. The minimum absolute atomic E-state index is 0.876. The highest BCUT2D eigenvalue weighted by atomic mass is 32.1. The molecule has 2 heterocycles. The van der Waals surface area contributed by atoms with Crippen LogP contribution in [0.3, 0.4) is 0 Å². The summed E-state index contributed by atoms with van der Waals surface area (Å²) < 4.78 is 3.98. The van der Waals surface area contributed by atoms with Gasteiger partial charge in [-0.2, -0.15) is 0 Å². The number of nitrogens with one attached hydrogen (secondary N) is 1. The maximum atomic E-state index is 4.16. The topological polar surface area (TPSA) is 44.3 Å². The fourth-order valence-electron chi connectivity index (χ4n) is 2.16. The third kappa shape index (κ3) is 3.62. The fraction of sp³-hybridized carbons (Fsp3) is 0.818. The Hall–Kier alpha value is -0.720. The van der Waals surface area contributed by atoms with Crippen molar-refractivity contribution < 1.29 is 0 Å². The minimum atomic E-state index is 0.876. The monoisotopic (exact) mass is 255 g/mol. The normalized spacial score (nSPS) is 16.9. The van der Waals surface area contributed by atoms with Crippen LogP contribution in [-0.2, 0) is 6.54 Å². The standard InChI is InChI=1S/C11H21N5S/c1-12-11-10(13-14-17-11)9-15(2)7-8-16-5-3-4-6-16/h12H,3-9H2,1-2H3. The molecular formula is C11H21N5S. The Morgan fingerprint density at radius 3 is 2.88 bits per heavy atom. The maximum Gasteiger partial charge on any atom is 0.134 e. The molecule has 5 nitrogen and oxygen atoms in total. The van der Waals surface area contributed by atoms with E-state index >= 15 is 0 Å². The van der Waals surface area contributed by atoms with Crippen molar-refractivity contribution in [3.05, 3.63) is 5.69 Å². The van der Waals surface area contributed by atoms with Gasteiger partial charge in [-0.05, 0) is 33.0 Å².